The number of carbonyl (C=O) groups excluding carboxylic acids is 1. The van der Waals surface area contributed by atoms with Gasteiger partial charge in [-0.1, -0.05) is 25.2 Å². The zero-order valence-electron chi connectivity index (χ0n) is 11.0. The van der Waals surface area contributed by atoms with Gasteiger partial charge in [-0.05, 0) is 24.5 Å². The van der Waals surface area contributed by atoms with Gasteiger partial charge in [0.25, 0.3) is 5.91 Å². The number of nitrogens with one attached hydrogen (secondary N) is 1. The Hall–Kier alpha value is -2.15. The van der Waals surface area contributed by atoms with Crippen LogP contribution in [0.3, 0.4) is 0 Å². The van der Waals surface area contributed by atoms with Gasteiger partial charge in [0, 0.05) is 0 Å². The van der Waals surface area contributed by atoms with Crippen molar-refractivity contribution >= 4 is 28.3 Å². The van der Waals surface area contributed by atoms with Gasteiger partial charge in [-0.3, -0.25) is 10.1 Å². The van der Waals surface area contributed by atoms with Crippen molar-refractivity contribution in [3.8, 4) is 0 Å². The number of hydrogen-bond acceptors (Lipinski definition) is 5. The van der Waals surface area contributed by atoms with E-state index in [2.05, 4.69) is 10.3 Å². The standard InChI is InChI=1S/C13H14N2O4S/c1-7(2)6-8-10(12(17)18)20-13(14-8)15-11(16)9-4-3-5-19-9/h3-5,7H,6H2,1-2H3,(H,17,18)(H,14,15,16). The van der Waals surface area contributed by atoms with Gasteiger partial charge >= 0.3 is 5.97 Å². The summed E-state index contributed by atoms with van der Waals surface area (Å²) in [7, 11) is 0. The Morgan fingerprint density at radius 2 is 2.25 bits per heavy atom. The lowest BCUT2D eigenvalue weighted by Crippen LogP contribution is -2.10. The molecule has 0 saturated heterocycles. The predicted octanol–water partition coefficient (Wildman–Crippen LogP) is 2.89. The summed E-state index contributed by atoms with van der Waals surface area (Å²) in [6.07, 6.45) is 1.94. The number of nitrogens with zero attached hydrogens (tertiary/aromatic N) is 1. The molecule has 2 heterocycles. The molecular formula is C13H14N2O4S. The largest absolute Gasteiger partial charge is 0.477 e. The van der Waals surface area contributed by atoms with E-state index in [0.717, 1.165) is 11.3 Å². The molecule has 0 aliphatic heterocycles. The number of rotatable bonds is 5. The second-order valence-corrected chi connectivity index (χ2v) is 5.63. The van der Waals surface area contributed by atoms with E-state index in [0.29, 0.717) is 12.1 Å². The number of carbonyl (C=O) groups is 2. The Labute approximate surface area is 119 Å². The number of aromatic nitrogens is 1. The molecule has 6 nitrogen and oxygen atoms in total. The van der Waals surface area contributed by atoms with E-state index in [9.17, 15) is 9.59 Å². The van der Waals surface area contributed by atoms with E-state index in [1.165, 1.54) is 12.3 Å². The molecule has 0 aromatic carbocycles. The number of thiazole rings is 1. The fourth-order valence-corrected chi connectivity index (χ4v) is 2.49. The van der Waals surface area contributed by atoms with Gasteiger partial charge in [0.15, 0.2) is 10.9 Å². The average Bonchev–Trinajstić information content (AvgIpc) is 2.97. The Morgan fingerprint density at radius 3 is 2.80 bits per heavy atom. The Balaban J connectivity index is 2.20. The van der Waals surface area contributed by atoms with Crippen molar-refractivity contribution in [3.63, 3.8) is 0 Å². The molecule has 0 bridgehead atoms. The molecule has 1 amide bonds. The average molecular weight is 294 g/mol. The summed E-state index contributed by atoms with van der Waals surface area (Å²) < 4.78 is 4.97. The molecule has 0 aliphatic rings. The zero-order chi connectivity index (χ0) is 14.7. The first-order chi connectivity index (χ1) is 9.47. The first kappa shape index (κ1) is 14.3. The third-order valence-corrected chi connectivity index (χ3v) is 3.46. The number of anilines is 1. The number of carboxylic acid groups (broad SMARTS) is 1. The molecule has 2 aromatic rings. The highest BCUT2D eigenvalue weighted by Gasteiger charge is 2.20. The first-order valence-electron chi connectivity index (χ1n) is 6.05. The van der Waals surface area contributed by atoms with Crippen LogP contribution in [0.2, 0.25) is 0 Å². The van der Waals surface area contributed by atoms with Crippen LogP contribution in [0.1, 0.15) is 39.8 Å². The summed E-state index contributed by atoms with van der Waals surface area (Å²) in [6, 6.07) is 3.12. The highest BCUT2D eigenvalue weighted by atomic mass is 32.1. The van der Waals surface area contributed by atoms with Crippen LogP contribution in [0.5, 0.6) is 0 Å². The Bertz CT molecular complexity index is 616. The van der Waals surface area contributed by atoms with E-state index < -0.39 is 11.9 Å². The predicted molar refractivity (Wildman–Crippen MR) is 74.3 cm³/mol. The van der Waals surface area contributed by atoms with Crippen LogP contribution in [0.15, 0.2) is 22.8 Å². The van der Waals surface area contributed by atoms with Crippen LogP contribution in [0, 0.1) is 5.92 Å². The SMILES string of the molecule is CC(C)Cc1nc(NC(=O)c2ccco2)sc1C(=O)O. The van der Waals surface area contributed by atoms with Crippen molar-refractivity contribution < 1.29 is 19.1 Å². The van der Waals surface area contributed by atoms with Gasteiger partial charge in [-0.25, -0.2) is 9.78 Å². The normalized spacial score (nSPS) is 10.8. The molecule has 2 N–H and O–H groups in total. The van der Waals surface area contributed by atoms with E-state index in [1.54, 1.807) is 6.07 Å². The zero-order valence-corrected chi connectivity index (χ0v) is 11.9. The lowest BCUT2D eigenvalue weighted by Gasteiger charge is -2.01. The van der Waals surface area contributed by atoms with Crippen molar-refractivity contribution in [2.45, 2.75) is 20.3 Å². The quantitative estimate of drug-likeness (QED) is 0.884. The molecule has 0 atom stereocenters. The van der Waals surface area contributed by atoms with Gasteiger partial charge in [0.1, 0.15) is 4.88 Å². The van der Waals surface area contributed by atoms with Crippen LogP contribution >= 0.6 is 11.3 Å². The summed E-state index contributed by atoms with van der Waals surface area (Å²) in [5, 5.41) is 12.0. The molecule has 20 heavy (non-hydrogen) atoms. The van der Waals surface area contributed by atoms with Crippen LogP contribution in [-0.4, -0.2) is 22.0 Å². The number of hydrogen-bond donors (Lipinski definition) is 2. The molecule has 2 aromatic heterocycles. The molecule has 0 fully saturated rings. The van der Waals surface area contributed by atoms with Crippen LogP contribution in [0.25, 0.3) is 0 Å². The Morgan fingerprint density at radius 1 is 1.50 bits per heavy atom. The molecule has 0 saturated carbocycles. The molecule has 2 rings (SSSR count). The fourth-order valence-electron chi connectivity index (χ4n) is 1.66. The lowest BCUT2D eigenvalue weighted by molar-refractivity contribution is 0.0700. The summed E-state index contributed by atoms with van der Waals surface area (Å²) in [6.45, 7) is 3.96. The van der Waals surface area contributed by atoms with Crippen LogP contribution in [-0.2, 0) is 6.42 Å². The van der Waals surface area contributed by atoms with E-state index in [-0.39, 0.29) is 21.7 Å². The van der Waals surface area contributed by atoms with E-state index in [4.69, 9.17) is 9.52 Å². The maximum atomic E-state index is 11.8. The molecular weight excluding hydrogens is 280 g/mol. The monoisotopic (exact) mass is 294 g/mol. The fraction of sp³-hybridized carbons (Fsp3) is 0.308. The number of carboxylic acids is 1. The number of furan rings is 1. The minimum atomic E-state index is -1.03. The highest BCUT2D eigenvalue weighted by Crippen LogP contribution is 2.25. The molecule has 0 unspecified atom stereocenters. The maximum Gasteiger partial charge on any atom is 0.347 e. The number of amides is 1. The number of aromatic carboxylic acids is 1. The third-order valence-electron chi connectivity index (χ3n) is 2.46. The molecule has 0 aliphatic carbocycles. The van der Waals surface area contributed by atoms with Gasteiger partial charge in [-0.2, -0.15) is 0 Å². The molecule has 106 valence electrons. The summed E-state index contributed by atoms with van der Waals surface area (Å²) in [4.78, 5) is 27.3. The van der Waals surface area contributed by atoms with Gasteiger partial charge in [0.05, 0.1) is 12.0 Å². The van der Waals surface area contributed by atoms with Crippen LogP contribution in [0.4, 0.5) is 5.13 Å². The summed E-state index contributed by atoms with van der Waals surface area (Å²) in [5.41, 5.74) is 0.493. The van der Waals surface area contributed by atoms with E-state index in [1.807, 2.05) is 13.8 Å². The summed E-state index contributed by atoms with van der Waals surface area (Å²) in [5.74, 6) is -1.04. The van der Waals surface area contributed by atoms with Gasteiger partial charge < -0.3 is 9.52 Å². The minimum absolute atomic E-state index is 0.155. The van der Waals surface area contributed by atoms with Crippen molar-refractivity contribution in [2.75, 3.05) is 5.32 Å². The van der Waals surface area contributed by atoms with Gasteiger partial charge in [-0.15, -0.1) is 0 Å². The molecule has 7 heteroatoms. The topological polar surface area (TPSA) is 92.4 Å². The van der Waals surface area contributed by atoms with Crippen molar-refractivity contribution in [1.29, 1.82) is 0 Å². The van der Waals surface area contributed by atoms with E-state index >= 15 is 0 Å². The van der Waals surface area contributed by atoms with Crippen molar-refractivity contribution in [1.82, 2.24) is 4.98 Å². The second kappa shape index (κ2) is 5.87. The second-order valence-electron chi connectivity index (χ2n) is 4.63. The molecule has 0 spiro atoms. The lowest BCUT2D eigenvalue weighted by atomic mass is 10.1. The van der Waals surface area contributed by atoms with Crippen molar-refractivity contribution in [3.05, 3.63) is 34.7 Å². The first-order valence-corrected chi connectivity index (χ1v) is 6.87. The van der Waals surface area contributed by atoms with Gasteiger partial charge in [0.2, 0.25) is 0 Å². The minimum Gasteiger partial charge on any atom is -0.477 e. The smallest absolute Gasteiger partial charge is 0.347 e. The highest BCUT2D eigenvalue weighted by molar-refractivity contribution is 7.17. The van der Waals surface area contributed by atoms with Crippen LogP contribution < -0.4 is 5.32 Å². The Kier molecular flexibility index (Phi) is 4.19. The third kappa shape index (κ3) is 3.24. The molecule has 0 radical (unpaired) electrons. The maximum absolute atomic E-state index is 11.8. The summed E-state index contributed by atoms with van der Waals surface area (Å²) >= 11 is 0.951. The van der Waals surface area contributed by atoms with Crippen molar-refractivity contribution in [2.24, 2.45) is 5.92 Å².